The van der Waals surface area contributed by atoms with Crippen LogP contribution in [0, 0.1) is 6.92 Å². The maximum absolute atomic E-state index is 12.1. The molecule has 0 spiro atoms. The molecule has 0 saturated heterocycles. The zero-order chi connectivity index (χ0) is 13.1. The van der Waals surface area contributed by atoms with Gasteiger partial charge in [0.2, 0.25) is 0 Å². The molecule has 0 bridgehead atoms. The van der Waals surface area contributed by atoms with Gasteiger partial charge < -0.3 is 9.47 Å². The van der Waals surface area contributed by atoms with Crippen LogP contribution in [0.25, 0.3) is 5.65 Å². The molecule has 0 N–H and O–H groups in total. The van der Waals surface area contributed by atoms with Crippen LogP contribution in [-0.4, -0.2) is 29.7 Å². The zero-order valence-electron chi connectivity index (χ0n) is 10.4. The van der Waals surface area contributed by atoms with Gasteiger partial charge >= 0.3 is 6.08 Å². The van der Waals surface area contributed by atoms with Gasteiger partial charge in [0.25, 0.3) is 5.56 Å². The number of fused-ring (bicyclic) bond motifs is 1. The van der Waals surface area contributed by atoms with Crippen LogP contribution in [0.15, 0.2) is 34.3 Å². The van der Waals surface area contributed by atoms with E-state index in [1.807, 2.05) is 19.1 Å². The molecule has 0 radical (unpaired) electrons. The fourth-order valence-corrected chi connectivity index (χ4v) is 1.52. The van der Waals surface area contributed by atoms with E-state index >= 15 is 0 Å². The van der Waals surface area contributed by atoms with Crippen molar-refractivity contribution < 1.29 is 9.47 Å². The molecule has 0 aromatic carbocycles. The van der Waals surface area contributed by atoms with Gasteiger partial charge in [-0.15, -0.1) is 0 Å². The predicted octanol–water partition coefficient (Wildman–Crippen LogP) is 1.28. The van der Waals surface area contributed by atoms with Crippen molar-refractivity contribution in [2.75, 3.05) is 14.2 Å². The minimum Gasteiger partial charge on any atom is -0.454 e. The van der Waals surface area contributed by atoms with Gasteiger partial charge in [-0.3, -0.25) is 9.20 Å². The van der Waals surface area contributed by atoms with E-state index in [0.717, 1.165) is 5.56 Å². The Morgan fingerprint density at radius 3 is 2.78 bits per heavy atom. The van der Waals surface area contributed by atoms with Crippen molar-refractivity contribution >= 4 is 17.4 Å². The van der Waals surface area contributed by atoms with Gasteiger partial charge in [0, 0.05) is 6.20 Å². The van der Waals surface area contributed by atoms with Crippen molar-refractivity contribution in [2.45, 2.75) is 6.92 Å². The molecule has 2 aromatic heterocycles. The molecule has 18 heavy (non-hydrogen) atoms. The molecular formula is C12H13N3O3. The van der Waals surface area contributed by atoms with Gasteiger partial charge in [-0.1, -0.05) is 0 Å². The first-order chi connectivity index (χ1) is 8.65. The predicted molar refractivity (Wildman–Crippen MR) is 67.3 cm³/mol. The van der Waals surface area contributed by atoms with Crippen molar-refractivity contribution in [1.29, 1.82) is 0 Å². The van der Waals surface area contributed by atoms with E-state index in [1.54, 1.807) is 6.20 Å². The van der Waals surface area contributed by atoms with E-state index in [9.17, 15) is 4.79 Å². The number of aliphatic imine (C=N–C) groups is 1. The van der Waals surface area contributed by atoms with Gasteiger partial charge in [0.15, 0.2) is 5.69 Å². The van der Waals surface area contributed by atoms with Crippen LogP contribution in [-0.2, 0) is 9.47 Å². The summed E-state index contributed by atoms with van der Waals surface area (Å²) in [5, 5.41) is 0. The summed E-state index contributed by atoms with van der Waals surface area (Å²) in [5.74, 6) is 0. The van der Waals surface area contributed by atoms with Crippen LogP contribution in [0.5, 0.6) is 0 Å². The topological polar surface area (TPSA) is 65.2 Å². The Balaban J connectivity index is 2.62. The number of nitrogens with zero attached hydrogens (tertiary/aromatic N) is 3. The quantitative estimate of drug-likeness (QED) is 0.562. The summed E-state index contributed by atoms with van der Waals surface area (Å²) in [6, 6.07) is 3.65. The summed E-state index contributed by atoms with van der Waals surface area (Å²) in [7, 11) is 2.83. The summed E-state index contributed by atoms with van der Waals surface area (Å²) in [5.41, 5.74) is 1.50. The van der Waals surface area contributed by atoms with Crippen molar-refractivity contribution in [3.63, 3.8) is 0 Å². The molecule has 0 amide bonds. The molecule has 94 valence electrons. The molecule has 0 saturated carbocycles. The molecular weight excluding hydrogens is 234 g/mol. The number of aryl methyl sites for hydroxylation is 1. The Morgan fingerprint density at radius 1 is 1.39 bits per heavy atom. The minimum absolute atomic E-state index is 0.0148. The number of ether oxygens (including phenoxy) is 2. The third-order valence-electron chi connectivity index (χ3n) is 2.41. The second-order valence-corrected chi connectivity index (χ2v) is 3.67. The molecule has 0 aliphatic carbocycles. The monoisotopic (exact) mass is 247 g/mol. The lowest BCUT2D eigenvalue weighted by atomic mass is 10.3. The lowest BCUT2D eigenvalue weighted by Gasteiger charge is -2.04. The van der Waals surface area contributed by atoms with E-state index < -0.39 is 0 Å². The molecule has 0 fully saturated rings. The number of pyridine rings is 1. The highest BCUT2D eigenvalue weighted by Crippen LogP contribution is 2.07. The average Bonchev–Trinajstić information content (AvgIpc) is 2.38. The summed E-state index contributed by atoms with van der Waals surface area (Å²) in [4.78, 5) is 20.2. The van der Waals surface area contributed by atoms with Gasteiger partial charge in [0.05, 0.1) is 20.4 Å². The Morgan fingerprint density at radius 2 is 2.11 bits per heavy atom. The van der Waals surface area contributed by atoms with E-state index in [2.05, 4.69) is 9.98 Å². The largest absolute Gasteiger partial charge is 0.454 e. The molecule has 2 heterocycles. The molecule has 2 rings (SSSR count). The molecule has 6 heteroatoms. The third-order valence-corrected chi connectivity index (χ3v) is 2.41. The highest BCUT2D eigenvalue weighted by atomic mass is 16.7. The van der Waals surface area contributed by atoms with E-state index in [0.29, 0.717) is 5.65 Å². The smallest absolute Gasteiger partial charge is 0.388 e. The van der Waals surface area contributed by atoms with Gasteiger partial charge in [-0.2, -0.15) is 4.99 Å². The first-order valence-corrected chi connectivity index (χ1v) is 5.30. The summed E-state index contributed by atoms with van der Waals surface area (Å²) < 4.78 is 11.1. The van der Waals surface area contributed by atoms with Crippen LogP contribution < -0.4 is 5.56 Å². The third kappa shape index (κ3) is 2.17. The van der Waals surface area contributed by atoms with Crippen molar-refractivity contribution in [3.05, 3.63) is 40.4 Å². The van der Waals surface area contributed by atoms with Crippen LogP contribution in [0.4, 0.5) is 5.69 Å². The molecule has 0 unspecified atom stereocenters. The van der Waals surface area contributed by atoms with E-state index in [-0.39, 0.29) is 17.3 Å². The second kappa shape index (κ2) is 4.87. The Labute approximate surface area is 104 Å². The Bertz CT molecular complexity index is 655. The lowest BCUT2D eigenvalue weighted by Crippen LogP contribution is -2.15. The number of methoxy groups -OCH3 is 2. The summed E-state index contributed by atoms with van der Waals surface area (Å²) in [6.45, 7) is 1.94. The maximum atomic E-state index is 12.1. The van der Waals surface area contributed by atoms with Crippen molar-refractivity contribution in [2.24, 2.45) is 4.99 Å². The van der Waals surface area contributed by atoms with Crippen molar-refractivity contribution in [3.8, 4) is 0 Å². The normalized spacial score (nSPS) is 10.2. The van der Waals surface area contributed by atoms with Gasteiger partial charge in [0.1, 0.15) is 5.65 Å². The number of hydrogen-bond donors (Lipinski definition) is 0. The number of hydrogen-bond acceptors (Lipinski definition) is 5. The van der Waals surface area contributed by atoms with Crippen LogP contribution in [0.2, 0.25) is 0 Å². The molecule has 2 aromatic rings. The minimum atomic E-state index is -0.272. The number of aromatic nitrogens is 2. The molecule has 0 atom stereocenters. The zero-order valence-corrected chi connectivity index (χ0v) is 10.4. The first kappa shape index (κ1) is 12.1. The second-order valence-electron chi connectivity index (χ2n) is 3.67. The maximum Gasteiger partial charge on any atom is 0.388 e. The SMILES string of the molecule is COC(=Nc1cnc2cc(C)ccn2c1=O)OC. The standard InChI is InChI=1S/C12H13N3O3/c1-8-4-5-15-10(6-8)13-7-9(11(15)16)14-12(17-2)18-3/h4-7H,1-3H3. The van der Waals surface area contributed by atoms with E-state index in [4.69, 9.17) is 9.47 Å². The number of rotatable bonds is 1. The summed E-state index contributed by atoms with van der Waals surface area (Å²) in [6.07, 6.45) is 3.08. The fourth-order valence-electron chi connectivity index (χ4n) is 1.52. The van der Waals surface area contributed by atoms with Crippen LogP contribution in [0.1, 0.15) is 5.56 Å². The first-order valence-electron chi connectivity index (χ1n) is 5.30. The summed E-state index contributed by atoms with van der Waals surface area (Å²) >= 11 is 0. The van der Waals surface area contributed by atoms with E-state index in [1.165, 1.54) is 24.8 Å². The van der Waals surface area contributed by atoms with Crippen LogP contribution >= 0.6 is 0 Å². The molecule has 0 aliphatic rings. The molecule has 6 nitrogen and oxygen atoms in total. The lowest BCUT2D eigenvalue weighted by molar-refractivity contribution is 0.243. The Kier molecular flexibility index (Phi) is 3.27. The van der Waals surface area contributed by atoms with Gasteiger partial charge in [-0.05, 0) is 24.6 Å². The molecule has 0 aliphatic heterocycles. The highest BCUT2D eigenvalue weighted by molar-refractivity contribution is 5.70. The van der Waals surface area contributed by atoms with Crippen molar-refractivity contribution in [1.82, 2.24) is 9.38 Å². The van der Waals surface area contributed by atoms with Gasteiger partial charge in [-0.25, -0.2) is 4.98 Å². The van der Waals surface area contributed by atoms with Crippen LogP contribution in [0.3, 0.4) is 0 Å². The average molecular weight is 247 g/mol. The Hall–Kier alpha value is -2.37. The fraction of sp³-hybridized carbons (Fsp3) is 0.250. The highest BCUT2D eigenvalue weighted by Gasteiger charge is 2.06.